The molecule has 5 heteroatoms. The number of anilines is 2. The van der Waals surface area contributed by atoms with Gasteiger partial charge in [-0.2, -0.15) is 0 Å². The number of aromatic nitrogens is 1. The predicted molar refractivity (Wildman–Crippen MR) is 91.5 cm³/mol. The smallest absolute Gasteiger partial charge is 0.227 e. The Hall–Kier alpha value is -1.62. The average Bonchev–Trinajstić information content (AvgIpc) is 2.86. The molecule has 23 heavy (non-hydrogen) atoms. The molecule has 2 fully saturated rings. The first-order valence-corrected chi connectivity index (χ1v) is 8.92. The van der Waals surface area contributed by atoms with E-state index >= 15 is 0 Å². The van der Waals surface area contributed by atoms with E-state index in [0.29, 0.717) is 19.3 Å². The van der Waals surface area contributed by atoms with Crippen molar-refractivity contribution in [3.63, 3.8) is 0 Å². The Bertz CT molecular complexity index is 489. The summed E-state index contributed by atoms with van der Waals surface area (Å²) in [6, 6.07) is 4.43. The second-order valence-electron chi connectivity index (χ2n) is 6.64. The number of nitrogens with zero attached hydrogens (tertiary/aromatic N) is 1. The third-order valence-electron chi connectivity index (χ3n) is 4.83. The van der Waals surface area contributed by atoms with Gasteiger partial charge in [0.05, 0.1) is 11.9 Å². The summed E-state index contributed by atoms with van der Waals surface area (Å²) in [7, 11) is 0. The molecule has 3 rings (SSSR count). The van der Waals surface area contributed by atoms with Crippen molar-refractivity contribution in [1.29, 1.82) is 0 Å². The number of nitrogens with one attached hydrogen (secondary N) is 2. The highest BCUT2D eigenvalue weighted by Crippen LogP contribution is 2.21. The molecule has 0 aromatic carbocycles. The average molecular weight is 317 g/mol. The van der Waals surface area contributed by atoms with E-state index in [0.717, 1.165) is 24.3 Å². The van der Waals surface area contributed by atoms with Gasteiger partial charge in [-0.3, -0.25) is 4.79 Å². The van der Waals surface area contributed by atoms with Gasteiger partial charge in [0.1, 0.15) is 5.82 Å². The summed E-state index contributed by atoms with van der Waals surface area (Å²) in [5, 5.41) is 6.49. The lowest BCUT2D eigenvalue weighted by molar-refractivity contribution is -0.122. The number of carbonyl (C=O) groups is 1. The Morgan fingerprint density at radius 2 is 1.78 bits per heavy atom. The van der Waals surface area contributed by atoms with Crippen LogP contribution in [0.5, 0.6) is 0 Å². The normalized spacial score (nSPS) is 20.7. The molecule has 1 aromatic rings. The molecular weight excluding hydrogens is 290 g/mol. The Morgan fingerprint density at radius 1 is 1.04 bits per heavy atom. The van der Waals surface area contributed by atoms with Gasteiger partial charge in [-0.25, -0.2) is 4.98 Å². The SMILES string of the molecule is O=C(Nc1ccc(NC2CCCCCC2)nc1)C1CCOCC1. The van der Waals surface area contributed by atoms with E-state index in [2.05, 4.69) is 15.6 Å². The van der Waals surface area contributed by atoms with Gasteiger partial charge >= 0.3 is 0 Å². The van der Waals surface area contributed by atoms with Crippen LogP contribution in [0.2, 0.25) is 0 Å². The summed E-state index contributed by atoms with van der Waals surface area (Å²) in [6.07, 6.45) is 11.1. The quantitative estimate of drug-likeness (QED) is 0.833. The molecule has 1 amide bonds. The van der Waals surface area contributed by atoms with Crippen LogP contribution in [0, 0.1) is 5.92 Å². The molecule has 2 N–H and O–H groups in total. The maximum Gasteiger partial charge on any atom is 0.227 e. The number of amides is 1. The van der Waals surface area contributed by atoms with Gasteiger partial charge in [0.2, 0.25) is 5.91 Å². The van der Waals surface area contributed by atoms with Crippen molar-refractivity contribution in [3.05, 3.63) is 18.3 Å². The first-order valence-electron chi connectivity index (χ1n) is 8.92. The van der Waals surface area contributed by atoms with Crippen molar-refractivity contribution in [3.8, 4) is 0 Å². The molecule has 0 radical (unpaired) electrons. The molecule has 2 aliphatic rings. The number of rotatable bonds is 4. The fraction of sp³-hybridized carbons (Fsp3) is 0.667. The molecule has 2 heterocycles. The van der Waals surface area contributed by atoms with E-state index in [9.17, 15) is 4.79 Å². The molecule has 1 saturated carbocycles. The number of hydrogen-bond acceptors (Lipinski definition) is 4. The molecule has 0 spiro atoms. The van der Waals surface area contributed by atoms with E-state index in [-0.39, 0.29) is 11.8 Å². The van der Waals surface area contributed by atoms with Crippen LogP contribution < -0.4 is 10.6 Å². The standard InChI is InChI=1S/C18H27N3O2/c22-18(14-9-11-23-12-10-14)21-16-7-8-17(19-13-16)20-15-5-3-1-2-4-6-15/h7-8,13-15H,1-6,9-12H2,(H,19,20)(H,21,22). The second-order valence-corrected chi connectivity index (χ2v) is 6.64. The maximum atomic E-state index is 12.2. The lowest BCUT2D eigenvalue weighted by Gasteiger charge is -2.21. The van der Waals surface area contributed by atoms with Crippen LogP contribution in [-0.4, -0.2) is 30.1 Å². The van der Waals surface area contributed by atoms with Crippen molar-refractivity contribution in [2.75, 3.05) is 23.8 Å². The number of ether oxygens (including phenoxy) is 1. The monoisotopic (exact) mass is 317 g/mol. The van der Waals surface area contributed by atoms with E-state index in [4.69, 9.17) is 4.74 Å². The molecule has 126 valence electrons. The van der Waals surface area contributed by atoms with Gasteiger partial charge < -0.3 is 15.4 Å². The zero-order valence-electron chi connectivity index (χ0n) is 13.7. The Balaban J connectivity index is 1.51. The Kier molecular flexibility index (Phi) is 5.86. The lowest BCUT2D eigenvalue weighted by atomic mass is 9.99. The largest absolute Gasteiger partial charge is 0.381 e. The minimum Gasteiger partial charge on any atom is -0.381 e. The second kappa shape index (κ2) is 8.29. The fourth-order valence-electron chi connectivity index (χ4n) is 3.39. The highest BCUT2D eigenvalue weighted by Gasteiger charge is 2.21. The van der Waals surface area contributed by atoms with Crippen molar-refractivity contribution >= 4 is 17.4 Å². The minimum atomic E-state index is 0.0625. The van der Waals surface area contributed by atoms with Gasteiger partial charge in [-0.1, -0.05) is 25.7 Å². The molecule has 1 aromatic heterocycles. The highest BCUT2D eigenvalue weighted by atomic mass is 16.5. The fourth-order valence-corrected chi connectivity index (χ4v) is 3.39. The summed E-state index contributed by atoms with van der Waals surface area (Å²) in [6.45, 7) is 1.36. The minimum absolute atomic E-state index is 0.0625. The van der Waals surface area contributed by atoms with E-state index in [1.54, 1.807) is 6.20 Å². The lowest BCUT2D eigenvalue weighted by Crippen LogP contribution is -2.28. The van der Waals surface area contributed by atoms with Crippen molar-refractivity contribution in [1.82, 2.24) is 4.98 Å². The molecular formula is C18H27N3O2. The van der Waals surface area contributed by atoms with Gasteiger partial charge in [0, 0.05) is 25.2 Å². The molecule has 1 aliphatic carbocycles. The molecule has 1 aliphatic heterocycles. The van der Waals surface area contributed by atoms with Gasteiger partial charge in [-0.05, 0) is 37.8 Å². The summed E-state index contributed by atoms with van der Waals surface area (Å²) in [5.41, 5.74) is 0.771. The third kappa shape index (κ3) is 4.93. The summed E-state index contributed by atoms with van der Waals surface area (Å²) >= 11 is 0. The summed E-state index contributed by atoms with van der Waals surface area (Å²) in [4.78, 5) is 16.6. The first-order chi connectivity index (χ1) is 11.3. The first kappa shape index (κ1) is 16.2. The molecule has 5 nitrogen and oxygen atoms in total. The van der Waals surface area contributed by atoms with Crippen LogP contribution >= 0.6 is 0 Å². The third-order valence-corrected chi connectivity index (χ3v) is 4.83. The van der Waals surface area contributed by atoms with Gasteiger partial charge in [0.15, 0.2) is 0 Å². The van der Waals surface area contributed by atoms with Crippen LogP contribution in [0.1, 0.15) is 51.4 Å². The van der Waals surface area contributed by atoms with Crippen LogP contribution in [0.3, 0.4) is 0 Å². The van der Waals surface area contributed by atoms with Gasteiger partial charge in [-0.15, -0.1) is 0 Å². The van der Waals surface area contributed by atoms with Gasteiger partial charge in [0.25, 0.3) is 0 Å². The van der Waals surface area contributed by atoms with E-state index in [1.807, 2.05) is 12.1 Å². The molecule has 0 bridgehead atoms. The Labute approximate surface area is 138 Å². The van der Waals surface area contributed by atoms with Crippen molar-refractivity contribution in [2.45, 2.75) is 57.4 Å². The topological polar surface area (TPSA) is 63.2 Å². The van der Waals surface area contributed by atoms with Crippen molar-refractivity contribution in [2.24, 2.45) is 5.92 Å². The number of pyridine rings is 1. The van der Waals surface area contributed by atoms with Crippen molar-refractivity contribution < 1.29 is 9.53 Å². The van der Waals surface area contributed by atoms with E-state index in [1.165, 1.54) is 38.5 Å². The predicted octanol–water partition coefficient (Wildman–Crippen LogP) is 3.58. The molecule has 0 unspecified atom stereocenters. The zero-order valence-corrected chi connectivity index (χ0v) is 13.7. The van der Waals surface area contributed by atoms with Crippen LogP contribution in [0.4, 0.5) is 11.5 Å². The molecule has 0 atom stereocenters. The highest BCUT2D eigenvalue weighted by molar-refractivity contribution is 5.92. The van der Waals surface area contributed by atoms with Crippen LogP contribution in [0.25, 0.3) is 0 Å². The van der Waals surface area contributed by atoms with E-state index < -0.39 is 0 Å². The summed E-state index contributed by atoms with van der Waals surface area (Å²) < 4.78 is 5.30. The zero-order chi connectivity index (χ0) is 15.9. The number of hydrogen-bond donors (Lipinski definition) is 2. The number of carbonyl (C=O) groups excluding carboxylic acids is 1. The van der Waals surface area contributed by atoms with Crippen LogP contribution in [0.15, 0.2) is 18.3 Å². The molecule has 1 saturated heterocycles. The Morgan fingerprint density at radius 3 is 2.43 bits per heavy atom. The maximum absolute atomic E-state index is 12.2. The van der Waals surface area contributed by atoms with Crippen LogP contribution in [-0.2, 0) is 9.53 Å². The summed E-state index contributed by atoms with van der Waals surface area (Å²) in [5.74, 6) is 1.05.